The highest BCUT2D eigenvalue weighted by molar-refractivity contribution is 6.37. The molecule has 0 spiro atoms. The summed E-state index contributed by atoms with van der Waals surface area (Å²) in [6.45, 7) is 1.85. The maximum Gasteiger partial charge on any atom is 0.227 e. The summed E-state index contributed by atoms with van der Waals surface area (Å²) in [6.07, 6.45) is 2.45. The van der Waals surface area contributed by atoms with Crippen molar-refractivity contribution in [1.82, 2.24) is 9.80 Å². The average molecular weight is 376 g/mol. The van der Waals surface area contributed by atoms with Crippen molar-refractivity contribution in [2.45, 2.75) is 12.8 Å². The number of hydrogen-bond donors (Lipinski definition) is 2. The minimum Gasteiger partial charge on any atom is -0.505 e. The topological polar surface area (TPSA) is 72.9 Å². The van der Waals surface area contributed by atoms with Crippen molar-refractivity contribution in [2.75, 3.05) is 39.5 Å². The van der Waals surface area contributed by atoms with Gasteiger partial charge in [-0.15, -0.1) is 0 Å². The van der Waals surface area contributed by atoms with Crippen molar-refractivity contribution in [3.63, 3.8) is 0 Å². The number of piperidine rings is 1. The molecule has 2 N–H and O–H groups in total. The van der Waals surface area contributed by atoms with Gasteiger partial charge in [0.15, 0.2) is 5.75 Å². The molecule has 1 heterocycles. The van der Waals surface area contributed by atoms with Crippen LogP contribution in [0.4, 0.5) is 5.69 Å². The molecule has 0 aromatic heterocycles. The van der Waals surface area contributed by atoms with E-state index in [4.69, 9.17) is 23.2 Å². The summed E-state index contributed by atoms with van der Waals surface area (Å²) in [6, 6.07) is 2.99. The molecule has 0 saturated carbocycles. The lowest BCUT2D eigenvalue weighted by Gasteiger charge is -2.28. The number of carbonyl (C=O) groups excluding carboxylic acids is 2. The highest BCUT2D eigenvalue weighted by Gasteiger charge is 2.23. The molecule has 2 amide bonds. The molecule has 0 atom stereocenters. The molecule has 1 aromatic carbocycles. The van der Waals surface area contributed by atoms with Crippen LogP contribution in [0.2, 0.25) is 10.0 Å². The van der Waals surface area contributed by atoms with Crippen LogP contribution >= 0.6 is 23.2 Å². The number of benzene rings is 1. The van der Waals surface area contributed by atoms with E-state index in [2.05, 4.69) is 10.2 Å². The first-order chi connectivity index (χ1) is 11.2. The average Bonchev–Trinajstić information content (AvgIpc) is 2.53. The van der Waals surface area contributed by atoms with Crippen LogP contribution in [0, 0.1) is 5.92 Å². The van der Waals surface area contributed by atoms with E-state index in [1.54, 1.807) is 14.1 Å². The smallest absolute Gasteiger partial charge is 0.227 e. The van der Waals surface area contributed by atoms with E-state index in [0.717, 1.165) is 32.3 Å². The van der Waals surface area contributed by atoms with Gasteiger partial charge in [-0.1, -0.05) is 23.2 Å². The molecule has 0 unspecified atom stereocenters. The second kappa shape index (κ2) is 9.71. The first-order valence-corrected chi connectivity index (χ1v) is 8.29. The minimum absolute atomic E-state index is 0.0163. The molecule has 0 aliphatic carbocycles. The first kappa shape index (κ1) is 20.5. The van der Waals surface area contributed by atoms with Crippen molar-refractivity contribution >= 4 is 41.2 Å². The Balaban J connectivity index is 0.000000505. The maximum absolute atomic E-state index is 12.1. The van der Waals surface area contributed by atoms with Gasteiger partial charge < -0.3 is 20.2 Å². The molecule has 2 rings (SSSR count). The lowest BCUT2D eigenvalue weighted by molar-refractivity contribution is -0.121. The molecular weight excluding hydrogens is 353 g/mol. The Kier molecular flexibility index (Phi) is 8.31. The van der Waals surface area contributed by atoms with E-state index in [-0.39, 0.29) is 27.6 Å². The summed E-state index contributed by atoms with van der Waals surface area (Å²) in [4.78, 5) is 25.2. The van der Waals surface area contributed by atoms with Crippen molar-refractivity contribution < 1.29 is 14.7 Å². The van der Waals surface area contributed by atoms with Gasteiger partial charge in [-0.25, -0.2) is 0 Å². The fourth-order valence-electron chi connectivity index (χ4n) is 2.15. The van der Waals surface area contributed by atoms with Gasteiger partial charge in [0.05, 0.1) is 10.0 Å². The van der Waals surface area contributed by atoms with E-state index >= 15 is 0 Å². The number of hydrogen-bond acceptors (Lipinski definition) is 4. The second-order valence-electron chi connectivity index (χ2n) is 5.92. The highest BCUT2D eigenvalue weighted by atomic mass is 35.5. The molecule has 1 saturated heterocycles. The molecule has 0 bridgehead atoms. The number of amides is 2. The van der Waals surface area contributed by atoms with Crippen LogP contribution in [0.25, 0.3) is 0 Å². The molecule has 0 radical (unpaired) electrons. The number of carbonyl (C=O) groups is 2. The third-order valence-electron chi connectivity index (χ3n) is 3.58. The monoisotopic (exact) mass is 375 g/mol. The Morgan fingerprint density at radius 3 is 2.17 bits per heavy atom. The highest BCUT2D eigenvalue weighted by Crippen LogP contribution is 2.34. The van der Waals surface area contributed by atoms with E-state index in [9.17, 15) is 14.7 Å². The van der Waals surface area contributed by atoms with Crippen LogP contribution in [0.1, 0.15) is 12.8 Å². The largest absolute Gasteiger partial charge is 0.505 e. The number of aromatic hydroxyl groups is 1. The van der Waals surface area contributed by atoms with Crippen LogP contribution in [-0.2, 0) is 9.59 Å². The van der Waals surface area contributed by atoms with E-state index in [0.29, 0.717) is 5.69 Å². The van der Waals surface area contributed by atoms with Crippen molar-refractivity contribution in [3.05, 3.63) is 22.2 Å². The molecule has 1 aromatic rings. The Morgan fingerprint density at radius 1 is 1.29 bits per heavy atom. The van der Waals surface area contributed by atoms with Gasteiger partial charge in [0, 0.05) is 25.7 Å². The Labute approximate surface area is 152 Å². The Hall–Kier alpha value is -1.50. The molecule has 1 fully saturated rings. The van der Waals surface area contributed by atoms with Crippen LogP contribution in [-0.4, -0.2) is 61.5 Å². The molecular formula is C16H23Cl2N3O3. The van der Waals surface area contributed by atoms with Gasteiger partial charge in [-0.2, -0.15) is 0 Å². The predicted molar refractivity (Wildman–Crippen MR) is 96.7 cm³/mol. The number of nitrogens with one attached hydrogen (secondary N) is 1. The summed E-state index contributed by atoms with van der Waals surface area (Å²) in [7, 11) is 5.42. The van der Waals surface area contributed by atoms with Gasteiger partial charge in [-0.3, -0.25) is 9.59 Å². The summed E-state index contributed by atoms with van der Waals surface area (Å²) in [5.41, 5.74) is 0.511. The summed E-state index contributed by atoms with van der Waals surface area (Å²) >= 11 is 11.6. The minimum atomic E-state index is -0.166. The van der Waals surface area contributed by atoms with E-state index in [1.807, 2.05) is 7.05 Å². The molecule has 134 valence electrons. The van der Waals surface area contributed by atoms with E-state index in [1.165, 1.54) is 17.0 Å². The van der Waals surface area contributed by atoms with Crippen LogP contribution in [0.3, 0.4) is 0 Å². The maximum atomic E-state index is 12.1. The molecule has 1 aliphatic rings. The second-order valence-corrected chi connectivity index (χ2v) is 6.74. The van der Waals surface area contributed by atoms with Crippen LogP contribution < -0.4 is 5.32 Å². The van der Waals surface area contributed by atoms with Gasteiger partial charge in [0.25, 0.3) is 0 Å². The number of anilines is 1. The van der Waals surface area contributed by atoms with E-state index < -0.39 is 0 Å². The predicted octanol–water partition coefficient (Wildman–Crippen LogP) is 2.68. The normalized spacial score (nSPS) is 15.2. The fourth-order valence-corrected chi connectivity index (χ4v) is 2.64. The van der Waals surface area contributed by atoms with Crippen LogP contribution in [0.5, 0.6) is 5.75 Å². The van der Waals surface area contributed by atoms with Gasteiger partial charge in [-0.05, 0) is 45.1 Å². The van der Waals surface area contributed by atoms with Crippen molar-refractivity contribution in [2.24, 2.45) is 5.92 Å². The zero-order valence-corrected chi connectivity index (χ0v) is 15.6. The molecule has 1 aliphatic heterocycles. The first-order valence-electron chi connectivity index (χ1n) is 7.53. The van der Waals surface area contributed by atoms with Gasteiger partial charge >= 0.3 is 0 Å². The number of phenolic OH excluding ortho intramolecular Hbond substituents is 1. The number of likely N-dealkylation sites (tertiary alicyclic amines) is 1. The summed E-state index contributed by atoms with van der Waals surface area (Å²) in [5, 5.41) is 12.5. The number of rotatable bonds is 3. The summed E-state index contributed by atoms with van der Waals surface area (Å²) in [5.74, 6) is -0.172. The molecule has 8 heteroatoms. The Bertz CT molecular complexity index is 551. The number of nitrogens with zero attached hydrogens (tertiary/aromatic N) is 2. The van der Waals surface area contributed by atoms with Crippen molar-refractivity contribution in [3.8, 4) is 5.75 Å². The number of halogens is 2. The number of phenols is 1. The SMILES string of the molecule is CN(C)C=O.CN1CCC(C(=O)Nc2cc(Cl)c(O)c(Cl)c2)CC1. The quantitative estimate of drug-likeness (QED) is 0.629. The standard InChI is InChI=1S/C13H16Cl2N2O2.C3H7NO/c1-17-4-2-8(3-5-17)13(19)16-9-6-10(14)12(18)11(15)7-9;1-4(2)3-5/h6-8,18H,2-5H2,1H3,(H,16,19);3H,1-2H3. The lowest BCUT2D eigenvalue weighted by atomic mass is 9.96. The zero-order valence-electron chi connectivity index (χ0n) is 14.1. The molecule has 6 nitrogen and oxygen atoms in total. The third-order valence-corrected chi connectivity index (χ3v) is 4.16. The van der Waals surface area contributed by atoms with Crippen molar-refractivity contribution in [1.29, 1.82) is 0 Å². The fraction of sp³-hybridized carbons (Fsp3) is 0.500. The van der Waals surface area contributed by atoms with Gasteiger partial charge in [0.1, 0.15) is 0 Å². The van der Waals surface area contributed by atoms with Gasteiger partial charge in [0.2, 0.25) is 12.3 Å². The van der Waals surface area contributed by atoms with Crippen LogP contribution in [0.15, 0.2) is 12.1 Å². The summed E-state index contributed by atoms with van der Waals surface area (Å²) < 4.78 is 0. The zero-order chi connectivity index (χ0) is 18.3. The Morgan fingerprint density at radius 2 is 1.75 bits per heavy atom. The third kappa shape index (κ3) is 6.55. The lowest BCUT2D eigenvalue weighted by Crippen LogP contribution is -2.35. The molecule has 24 heavy (non-hydrogen) atoms.